The van der Waals surface area contributed by atoms with Gasteiger partial charge in [-0.2, -0.15) is 0 Å². The monoisotopic (exact) mass is 290 g/mol. The van der Waals surface area contributed by atoms with E-state index in [0.717, 1.165) is 17.7 Å². The molecule has 1 aromatic carbocycles. The minimum Gasteiger partial charge on any atom is -0.392 e. The summed E-state index contributed by atoms with van der Waals surface area (Å²) in [6, 6.07) is 7.90. The van der Waals surface area contributed by atoms with Crippen LogP contribution in [0, 0.1) is 5.92 Å². The maximum atomic E-state index is 12.3. The lowest BCUT2D eigenvalue weighted by Crippen LogP contribution is -2.44. The predicted molar refractivity (Wildman–Crippen MR) is 85.0 cm³/mol. The highest BCUT2D eigenvalue weighted by Crippen LogP contribution is 2.27. The van der Waals surface area contributed by atoms with Crippen LogP contribution in [0.3, 0.4) is 0 Å². The van der Waals surface area contributed by atoms with Gasteiger partial charge in [0.05, 0.1) is 13.2 Å². The molecule has 1 amide bonds. The number of rotatable bonds is 5. The van der Waals surface area contributed by atoms with E-state index >= 15 is 0 Å². The van der Waals surface area contributed by atoms with Crippen molar-refractivity contribution < 1.29 is 9.90 Å². The third-order valence-corrected chi connectivity index (χ3v) is 4.51. The normalized spacial score (nSPS) is 21.9. The van der Waals surface area contributed by atoms with Crippen molar-refractivity contribution >= 4 is 11.6 Å². The van der Waals surface area contributed by atoms with Gasteiger partial charge >= 0.3 is 0 Å². The first kappa shape index (κ1) is 15.8. The van der Waals surface area contributed by atoms with Gasteiger partial charge in [0.2, 0.25) is 5.91 Å². The van der Waals surface area contributed by atoms with Gasteiger partial charge in [0, 0.05) is 18.8 Å². The summed E-state index contributed by atoms with van der Waals surface area (Å²) in [6.07, 6.45) is 4.84. The number of amides is 1. The maximum absolute atomic E-state index is 12.3. The van der Waals surface area contributed by atoms with Crippen LogP contribution >= 0.6 is 0 Å². The molecule has 4 heteroatoms. The van der Waals surface area contributed by atoms with Crippen LogP contribution < -0.4 is 5.32 Å². The van der Waals surface area contributed by atoms with Crippen molar-refractivity contribution in [2.45, 2.75) is 45.3 Å². The fraction of sp³-hybridized carbons (Fsp3) is 0.588. The molecule has 1 aromatic rings. The Labute approximate surface area is 127 Å². The number of aliphatic hydroxyl groups is 1. The number of likely N-dealkylation sites (N-methyl/N-ethyl adjacent to an activating group) is 1. The second-order valence-electron chi connectivity index (χ2n) is 6.05. The van der Waals surface area contributed by atoms with E-state index in [0.29, 0.717) is 18.5 Å². The number of benzene rings is 1. The quantitative estimate of drug-likeness (QED) is 0.876. The van der Waals surface area contributed by atoms with E-state index in [1.165, 1.54) is 19.3 Å². The minimum atomic E-state index is 0.0168. The molecule has 21 heavy (non-hydrogen) atoms. The number of hydrogen-bond donors (Lipinski definition) is 2. The summed E-state index contributed by atoms with van der Waals surface area (Å²) in [5.41, 5.74) is 1.72. The van der Waals surface area contributed by atoms with Gasteiger partial charge < -0.3 is 15.3 Å². The first-order valence-corrected chi connectivity index (χ1v) is 7.81. The summed E-state index contributed by atoms with van der Waals surface area (Å²) >= 11 is 0. The molecule has 0 bridgehead atoms. The third kappa shape index (κ3) is 4.21. The van der Waals surface area contributed by atoms with Gasteiger partial charge in [-0.15, -0.1) is 0 Å². The molecule has 0 heterocycles. The molecule has 116 valence electrons. The highest BCUT2D eigenvalue weighted by atomic mass is 16.3. The average molecular weight is 290 g/mol. The molecule has 0 unspecified atom stereocenters. The van der Waals surface area contributed by atoms with E-state index in [9.17, 15) is 4.79 Å². The minimum absolute atomic E-state index is 0.0168. The fourth-order valence-corrected chi connectivity index (χ4v) is 3.14. The van der Waals surface area contributed by atoms with Gasteiger partial charge in [0.15, 0.2) is 0 Å². The second kappa shape index (κ2) is 7.46. The van der Waals surface area contributed by atoms with Crippen LogP contribution in [0.25, 0.3) is 0 Å². The smallest absolute Gasteiger partial charge is 0.241 e. The fourth-order valence-electron chi connectivity index (χ4n) is 3.14. The van der Waals surface area contributed by atoms with Crippen LogP contribution in [0.4, 0.5) is 5.69 Å². The number of nitrogens with zero attached hydrogens (tertiary/aromatic N) is 1. The van der Waals surface area contributed by atoms with Crippen molar-refractivity contribution in [2.24, 2.45) is 5.92 Å². The van der Waals surface area contributed by atoms with Crippen molar-refractivity contribution in [3.05, 3.63) is 29.8 Å². The van der Waals surface area contributed by atoms with E-state index in [4.69, 9.17) is 5.11 Å². The lowest BCUT2D eigenvalue weighted by atomic mass is 9.85. The van der Waals surface area contributed by atoms with E-state index < -0.39 is 0 Å². The standard InChI is InChI=1S/C17H26N2O2/c1-13-6-3-4-9-16(13)19(2)17(21)11-18-15-8-5-7-14(10-15)12-20/h5,7-8,10,13,16,18,20H,3-4,6,9,11-12H2,1-2H3/t13-,16+/m0/s1. The highest BCUT2D eigenvalue weighted by Gasteiger charge is 2.27. The van der Waals surface area contributed by atoms with Crippen LogP contribution in [-0.4, -0.2) is 35.5 Å². The Kier molecular flexibility index (Phi) is 5.62. The number of aliphatic hydroxyl groups excluding tert-OH is 1. The molecule has 2 N–H and O–H groups in total. The Morgan fingerprint density at radius 3 is 2.86 bits per heavy atom. The lowest BCUT2D eigenvalue weighted by molar-refractivity contribution is -0.131. The van der Waals surface area contributed by atoms with Crippen molar-refractivity contribution in [1.29, 1.82) is 0 Å². The zero-order chi connectivity index (χ0) is 15.2. The summed E-state index contributed by atoms with van der Waals surface area (Å²) in [5.74, 6) is 0.716. The van der Waals surface area contributed by atoms with Gasteiger partial charge in [0.25, 0.3) is 0 Å². The Morgan fingerprint density at radius 2 is 2.14 bits per heavy atom. The molecular weight excluding hydrogens is 264 g/mol. The van der Waals surface area contributed by atoms with E-state index in [-0.39, 0.29) is 12.5 Å². The van der Waals surface area contributed by atoms with E-state index in [2.05, 4.69) is 12.2 Å². The summed E-state index contributed by atoms with van der Waals surface area (Å²) in [7, 11) is 1.92. The molecular formula is C17H26N2O2. The highest BCUT2D eigenvalue weighted by molar-refractivity contribution is 5.81. The summed E-state index contributed by atoms with van der Waals surface area (Å²) in [4.78, 5) is 14.2. The molecule has 0 saturated heterocycles. The molecule has 4 nitrogen and oxygen atoms in total. The molecule has 1 fully saturated rings. The Morgan fingerprint density at radius 1 is 1.38 bits per heavy atom. The van der Waals surface area contributed by atoms with Gasteiger partial charge in [-0.25, -0.2) is 0 Å². The molecule has 1 aliphatic carbocycles. The largest absolute Gasteiger partial charge is 0.392 e. The van der Waals surface area contributed by atoms with E-state index in [1.807, 2.05) is 36.2 Å². The number of anilines is 1. The molecule has 0 aromatic heterocycles. The van der Waals surface area contributed by atoms with Gasteiger partial charge in [-0.1, -0.05) is 31.9 Å². The van der Waals surface area contributed by atoms with Crippen LogP contribution in [0.5, 0.6) is 0 Å². The molecule has 1 aliphatic rings. The average Bonchev–Trinajstić information content (AvgIpc) is 2.52. The van der Waals surface area contributed by atoms with Crippen molar-refractivity contribution in [1.82, 2.24) is 4.90 Å². The number of carbonyl (C=O) groups is 1. The van der Waals surface area contributed by atoms with Crippen LogP contribution in [0.2, 0.25) is 0 Å². The first-order valence-electron chi connectivity index (χ1n) is 7.81. The van der Waals surface area contributed by atoms with Crippen molar-refractivity contribution in [3.63, 3.8) is 0 Å². The van der Waals surface area contributed by atoms with Crippen LogP contribution in [0.1, 0.15) is 38.2 Å². The summed E-state index contributed by atoms with van der Waals surface area (Å²) in [6.45, 7) is 2.56. The molecule has 0 radical (unpaired) electrons. The van der Waals surface area contributed by atoms with Gasteiger partial charge in [-0.05, 0) is 36.5 Å². The molecule has 0 aliphatic heterocycles. The topological polar surface area (TPSA) is 52.6 Å². The van der Waals surface area contributed by atoms with Crippen molar-refractivity contribution in [2.75, 3.05) is 18.9 Å². The molecule has 1 saturated carbocycles. The van der Waals surface area contributed by atoms with Crippen LogP contribution in [-0.2, 0) is 11.4 Å². The Hall–Kier alpha value is -1.55. The van der Waals surface area contributed by atoms with Crippen LogP contribution in [0.15, 0.2) is 24.3 Å². The summed E-state index contributed by atoms with van der Waals surface area (Å²) in [5, 5.41) is 12.3. The number of hydrogen-bond acceptors (Lipinski definition) is 3. The van der Waals surface area contributed by atoms with Gasteiger partial charge in [0.1, 0.15) is 0 Å². The Bertz CT molecular complexity index is 476. The first-order chi connectivity index (χ1) is 10.1. The lowest BCUT2D eigenvalue weighted by Gasteiger charge is -2.36. The van der Waals surface area contributed by atoms with Gasteiger partial charge in [-0.3, -0.25) is 4.79 Å². The second-order valence-corrected chi connectivity index (χ2v) is 6.05. The SMILES string of the molecule is C[C@H]1CCCC[C@H]1N(C)C(=O)CNc1cccc(CO)c1. The summed E-state index contributed by atoms with van der Waals surface area (Å²) < 4.78 is 0. The molecule has 2 atom stereocenters. The zero-order valence-corrected chi connectivity index (χ0v) is 13.0. The zero-order valence-electron chi connectivity index (χ0n) is 13.0. The number of nitrogens with one attached hydrogen (secondary N) is 1. The Balaban J connectivity index is 1.88. The third-order valence-electron chi connectivity index (χ3n) is 4.51. The molecule has 2 rings (SSSR count). The van der Waals surface area contributed by atoms with E-state index in [1.54, 1.807) is 0 Å². The predicted octanol–water partition coefficient (Wildman–Crippen LogP) is 2.63. The van der Waals surface area contributed by atoms with Crippen molar-refractivity contribution in [3.8, 4) is 0 Å². The molecule has 0 spiro atoms. The number of carbonyl (C=O) groups excluding carboxylic acids is 1. The maximum Gasteiger partial charge on any atom is 0.241 e.